The normalized spacial score (nSPS) is 11.3. The lowest BCUT2D eigenvalue weighted by molar-refractivity contribution is 0.337. The molecule has 66 valence electrons. The van der Waals surface area contributed by atoms with Gasteiger partial charge in [-0.2, -0.15) is 0 Å². The van der Waals surface area contributed by atoms with Crippen LogP contribution >= 0.6 is 27.7 Å². The predicted molar refractivity (Wildman–Crippen MR) is 63.7 cm³/mol. The molecule has 1 nitrogen and oxygen atoms in total. The Morgan fingerprint density at radius 3 is 2.00 bits per heavy atom. The van der Waals surface area contributed by atoms with Crippen molar-refractivity contribution in [3.05, 3.63) is 29.8 Å². The van der Waals surface area contributed by atoms with Crippen molar-refractivity contribution in [1.82, 2.24) is 0 Å². The van der Waals surface area contributed by atoms with Gasteiger partial charge in [-0.15, -0.1) is 0 Å². The van der Waals surface area contributed by atoms with Crippen LogP contribution < -0.4 is 4.74 Å². The van der Waals surface area contributed by atoms with E-state index in [2.05, 4.69) is 34.6 Å². The summed E-state index contributed by atoms with van der Waals surface area (Å²) in [6.45, 7) is 2.05. The Kier molecular flexibility index (Phi) is 3.47. The average Bonchev–Trinajstić information content (AvgIpc) is 1.91. The van der Waals surface area contributed by atoms with Gasteiger partial charge in [-0.3, -0.25) is 0 Å². The zero-order valence-electron chi connectivity index (χ0n) is 6.95. The van der Waals surface area contributed by atoms with Crippen molar-refractivity contribution in [2.45, 2.75) is 11.7 Å². The molecule has 0 heterocycles. The van der Waals surface area contributed by atoms with Gasteiger partial charge in [0, 0.05) is 0 Å². The van der Waals surface area contributed by atoms with E-state index in [-0.39, 0.29) is 4.82 Å². The van der Waals surface area contributed by atoms with Crippen molar-refractivity contribution in [1.29, 1.82) is 0 Å². The minimum atomic E-state index is -0.352. The highest BCUT2D eigenvalue weighted by atomic mass is 31.1. The summed E-state index contributed by atoms with van der Waals surface area (Å²) in [5, 5.41) is 0. The van der Waals surface area contributed by atoms with Crippen LogP contribution in [-0.2, 0) is 0 Å². The first-order valence-electron chi connectivity index (χ1n) is 3.60. The highest BCUT2D eigenvalue weighted by molar-refractivity contribution is 7.56. The van der Waals surface area contributed by atoms with E-state index in [0.717, 1.165) is 5.75 Å². The summed E-state index contributed by atoms with van der Waals surface area (Å²) >= 11 is 0. The van der Waals surface area contributed by atoms with Gasteiger partial charge in [0.15, 0.2) is 0 Å². The first kappa shape index (κ1) is 10.4. The molecule has 0 aliphatic rings. The second kappa shape index (κ2) is 4.01. The molecule has 0 amide bonds. The van der Waals surface area contributed by atoms with Crippen LogP contribution in [0.1, 0.15) is 5.56 Å². The first-order chi connectivity index (χ1) is 5.47. The maximum Gasteiger partial charge on any atom is 0.145 e. The molecule has 12 heavy (non-hydrogen) atoms. The van der Waals surface area contributed by atoms with Crippen LogP contribution in [0.15, 0.2) is 24.3 Å². The Morgan fingerprint density at radius 1 is 1.08 bits per heavy atom. The molecule has 1 aromatic carbocycles. The van der Waals surface area contributed by atoms with Gasteiger partial charge < -0.3 is 4.74 Å². The van der Waals surface area contributed by atoms with Gasteiger partial charge in [0.2, 0.25) is 0 Å². The smallest absolute Gasteiger partial charge is 0.145 e. The number of benzene rings is 1. The summed E-state index contributed by atoms with van der Waals surface area (Å²) in [5.74, 6) is 0.876. The lowest BCUT2D eigenvalue weighted by Crippen LogP contribution is -2.09. The van der Waals surface area contributed by atoms with E-state index < -0.39 is 0 Å². The number of rotatable bonds is 2. The zero-order chi connectivity index (χ0) is 9.19. The number of hydrogen-bond donors (Lipinski definition) is 0. The lowest BCUT2D eigenvalue weighted by atomic mass is 10.2. The quantitative estimate of drug-likeness (QED) is 0.693. The molecule has 0 fully saturated rings. The van der Waals surface area contributed by atoms with E-state index in [1.54, 1.807) is 0 Å². The highest BCUT2D eigenvalue weighted by Gasteiger charge is 2.11. The Labute approximate surface area is 80.3 Å². The first-order valence-corrected chi connectivity index (χ1v) is 5.33. The van der Waals surface area contributed by atoms with Crippen molar-refractivity contribution in [3.8, 4) is 5.75 Å². The molecule has 0 spiro atoms. The van der Waals surface area contributed by atoms with Crippen LogP contribution in [0.3, 0.4) is 0 Å². The Hall–Kier alpha value is 0.310. The molecular formula is C8H13OP3. The van der Waals surface area contributed by atoms with Gasteiger partial charge in [0.05, 0.1) is 0 Å². The minimum absolute atomic E-state index is 0.352. The van der Waals surface area contributed by atoms with Crippen molar-refractivity contribution >= 4 is 27.7 Å². The van der Waals surface area contributed by atoms with Gasteiger partial charge in [0.1, 0.15) is 10.6 Å². The molecule has 0 N–H and O–H groups in total. The van der Waals surface area contributed by atoms with Crippen LogP contribution in [0.25, 0.3) is 0 Å². The summed E-state index contributed by atoms with van der Waals surface area (Å²) < 4.78 is 5.55. The summed E-state index contributed by atoms with van der Waals surface area (Å²) in [6, 6.07) is 7.98. The summed E-state index contributed by atoms with van der Waals surface area (Å²) in [6.07, 6.45) is 0. The average molecular weight is 218 g/mol. The van der Waals surface area contributed by atoms with E-state index >= 15 is 0 Å². The third-order valence-corrected chi connectivity index (χ3v) is 1.67. The predicted octanol–water partition coefficient (Wildman–Crippen LogP) is 2.61. The molecule has 0 aliphatic heterocycles. The van der Waals surface area contributed by atoms with Crippen LogP contribution in [0, 0.1) is 6.92 Å². The lowest BCUT2D eigenvalue weighted by Gasteiger charge is -2.20. The minimum Gasteiger partial charge on any atom is -0.476 e. The molecule has 0 aromatic heterocycles. The Morgan fingerprint density at radius 2 is 1.58 bits per heavy atom. The third kappa shape index (κ3) is 3.81. The van der Waals surface area contributed by atoms with Gasteiger partial charge in [-0.25, -0.2) is 0 Å². The molecule has 4 heteroatoms. The summed E-state index contributed by atoms with van der Waals surface area (Å²) in [5.41, 5.74) is 1.24. The summed E-state index contributed by atoms with van der Waals surface area (Å²) in [7, 11) is 7.74. The molecule has 0 bridgehead atoms. The molecule has 3 atom stereocenters. The topological polar surface area (TPSA) is 9.23 Å². The summed E-state index contributed by atoms with van der Waals surface area (Å²) in [4.78, 5) is -0.352. The number of hydrogen-bond acceptors (Lipinski definition) is 1. The largest absolute Gasteiger partial charge is 0.476 e. The second-order valence-corrected chi connectivity index (χ2v) is 7.48. The van der Waals surface area contributed by atoms with Crippen molar-refractivity contribution in [2.75, 3.05) is 0 Å². The van der Waals surface area contributed by atoms with E-state index in [1.165, 1.54) is 5.56 Å². The van der Waals surface area contributed by atoms with Crippen molar-refractivity contribution < 1.29 is 4.74 Å². The Balaban J connectivity index is 2.71. The van der Waals surface area contributed by atoms with Gasteiger partial charge in [-0.1, -0.05) is 45.4 Å². The second-order valence-electron chi connectivity index (χ2n) is 2.77. The van der Waals surface area contributed by atoms with Crippen molar-refractivity contribution in [3.63, 3.8) is 0 Å². The van der Waals surface area contributed by atoms with Crippen LogP contribution in [-0.4, -0.2) is 4.82 Å². The van der Waals surface area contributed by atoms with E-state index in [0.29, 0.717) is 0 Å². The molecule has 0 radical (unpaired) electrons. The maximum atomic E-state index is 5.55. The van der Waals surface area contributed by atoms with Crippen LogP contribution in [0.2, 0.25) is 0 Å². The zero-order valence-corrected chi connectivity index (χ0v) is 10.4. The SMILES string of the molecule is Cc1ccc(OC(P)(P)P)cc1. The van der Waals surface area contributed by atoms with Crippen LogP contribution in [0.5, 0.6) is 5.75 Å². The van der Waals surface area contributed by atoms with Gasteiger partial charge in [-0.05, 0) is 19.1 Å². The third-order valence-electron chi connectivity index (χ3n) is 1.32. The van der Waals surface area contributed by atoms with Crippen molar-refractivity contribution in [2.24, 2.45) is 0 Å². The number of aryl methyl sites for hydroxylation is 1. The standard InChI is InChI=1S/C8H13OP3/c1-6-2-4-7(5-3-6)9-8(10,11)12/h2-5H,10-12H2,1H3. The fourth-order valence-electron chi connectivity index (χ4n) is 0.810. The monoisotopic (exact) mass is 218 g/mol. The van der Waals surface area contributed by atoms with Gasteiger partial charge >= 0.3 is 0 Å². The number of ether oxygens (including phenoxy) is 1. The fraction of sp³-hybridized carbons (Fsp3) is 0.250. The Bertz CT molecular complexity index is 250. The van der Waals surface area contributed by atoms with E-state index in [4.69, 9.17) is 4.74 Å². The highest BCUT2D eigenvalue weighted by Crippen LogP contribution is 2.36. The molecule has 0 aliphatic carbocycles. The molecular weight excluding hydrogens is 205 g/mol. The molecule has 1 rings (SSSR count). The fourth-order valence-corrected chi connectivity index (χ4v) is 1.22. The molecule has 0 saturated heterocycles. The van der Waals surface area contributed by atoms with E-state index in [9.17, 15) is 0 Å². The van der Waals surface area contributed by atoms with Gasteiger partial charge in [0.25, 0.3) is 0 Å². The molecule has 1 aromatic rings. The molecule has 0 saturated carbocycles. The maximum absolute atomic E-state index is 5.55. The van der Waals surface area contributed by atoms with Crippen LogP contribution in [0.4, 0.5) is 0 Å². The molecule has 3 unspecified atom stereocenters. The van der Waals surface area contributed by atoms with E-state index in [1.807, 2.05) is 24.3 Å².